The Balaban J connectivity index is 1.56. The number of nitrogens with one attached hydrogen (secondary N) is 2. The minimum atomic E-state index is -0.374. The number of hydrogen-bond donors (Lipinski definition) is 2. The molecule has 2 N–H and O–H groups in total. The zero-order valence-electron chi connectivity index (χ0n) is 12.2. The summed E-state index contributed by atoms with van der Waals surface area (Å²) in [6.07, 6.45) is 4.55. The van der Waals surface area contributed by atoms with Gasteiger partial charge in [-0.05, 0) is 6.92 Å². The summed E-state index contributed by atoms with van der Waals surface area (Å²) < 4.78 is 5.82. The molecule has 116 valence electrons. The molecule has 1 fully saturated rings. The van der Waals surface area contributed by atoms with Crippen LogP contribution in [0.4, 0.5) is 0 Å². The fourth-order valence-electron chi connectivity index (χ4n) is 2.47. The number of ether oxygens (including phenoxy) is 1. The van der Waals surface area contributed by atoms with Crippen molar-refractivity contribution in [2.24, 2.45) is 0 Å². The van der Waals surface area contributed by atoms with E-state index in [1.807, 2.05) is 6.92 Å². The summed E-state index contributed by atoms with van der Waals surface area (Å²) in [6, 6.07) is 1.73. The minimum Gasteiger partial charge on any atom is -0.474 e. The van der Waals surface area contributed by atoms with Crippen LogP contribution in [0.1, 0.15) is 29.2 Å². The molecule has 8 nitrogen and oxygen atoms in total. The third-order valence-corrected chi connectivity index (χ3v) is 3.59. The second-order valence-electron chi connectivity index (χ2n) is 5.21. The molecule has 0 atom stereocenters. The number of nitrogens with zero attached hydrogens (tertiary/aromatic N) is 3. The lowest BCUT2D eigenvalue weighted by molar-refractivity contribution is 0.0582. The van der Waals surface area contributed by atoms with E-state index < -0.39 is 0 Å². The summed E-state index contributed by atoms with van der Waals surface area (Å²) in [7, 11) is 0. The molecular weight excluding hydrogens is 286 g/mol. The number of likely N-dealkylation sites (tertiary alicyclic amines) is 1. The number of piperidine rings is 1. The molecule has 1 aliphatic heterocycles. The van der Waals surface area contributed by atoms with Gasteiger partial charge in [-0.2, -0.15) is 4.98 Å². The maximum Gasteiger partial charge on any atom is 0.323 e. The fraction of sp³-hybridized carbons (Fsp3) is 0.429. The Bertz CT molecular complexity index is 715. The van der Waals surface area contributed by atoms with Crippen LogP contribution in [0.3, 0.4) is 0 Å². The van der Waals surface area contributed by atoms with Gasteiger partial charge in [0, 0.05) is 44.4 Å². The molecular formula is C14H17N5O3. The Labute approximate surface area is 126 Å². The van der Waals surface area contributed by atoms with Crippen molar-refractivity contribution in [2.45, 2.75) is 25.9 Å². The van der Waals surface area contributed by atoms with Gasteiger partial charge in [0.2, 0.25) is 5.88 Å². The second-order valence-corrected chi connectivity index (χ2v) is 5.21. The lowest BCUT2D eigenvalue weighted by Crippen LogP contribution is -2.42. The van der Waals surface area contributed by atoms with Gasteiger partial charge in [-0.1, -0.05) is 0 Å². The fourth-order valence-corrected chi connectivity index (χ4v) is 2.47. The number of H-pyrrole nitrogens is 2. The van der Waals surface area contributed by atoms with Gasteiger partial charge in [0.15, 0.2) is 0 Å². The molecule has 1 aliphatic rings. The van der Waals surface area contributed by atoms with E-state index >= 15 is 0 Å². The van der Waals surface area contributed by atoms with Crippen molar-refractivity contribution in [3.63, 3.8) is 0 Å². The SMILES string of the molecule is Cc1nccc(OC2CCN(C(=O)c3c[nH]c(=O)[nH]3)CC2)n1. The van der Waals surface area contributed by atoms with Crippen LogP contribution < -0.4 is 10.4 Å². The third-order valence-electron chi connectivity index (χ3n) is 3.59. The van der Waals surface area contributed by atoms with Crippen molar-refractivity contribution >= 4 is 5.91 Å². The lowest BCUT2D eigenvalue weighted by atomic mass is 10.1. The second kappa shape index (κ2) is 6.00. The van der Waals surface area contributed by atoms with E-state index in [9.17, 15) is 9.59 Å². The van der Waals surface area contributed by atoms with Crippen molar-refractivity contribution in [2.75, 3.05) is 13.1 Å². The number of imidazole rings is 1. The predicted octanol–water partition coefficient (Wildman–Crippen LogP) is 0.485. The summed E-state index contributed by atoms with van der Waals surface area (Å²) in [5, 5.41) is 0. The van der Waals surface area contributed by atoms with E-state index in [-0.39, 0.29) is 23.4 Å². The highest BCUT2D eigenvalue weighted by atomic mass is 16.5. The monoisotopic (exact) mass is 303 g/mol. The van der Waals surface area contributed by atoms with Crippen molar-refractivity contribution < 1.29 is 9.53 Å². The molecule has 3 heterocycles. The Hall–Kier alpha value is -2.64. The van der Waals surface area contributed by atoms with Crippen LogP contribution in [0.5, 0.6) is 5.88 Å². The summed E-state index contributed by atoms with van der Waals surface area (Å²) in [4.78, 5) is 38.1. The number of carbonyl (C=O) groups excluding carboxylic acids is 1. The van der Waals surface area contributed by atoms with Crippen LogP contribution in [-0.2, 0) is 0 Å². The average Bonchev–Trinajstić information content (AvgIpc) is 2.94. The number of rotatable bonds is 3. The predicted molar refractivity (Wildman–Crippen MR) is 77.7 cm³/mol. The van der Waals surface area contributed by atoms with Gasteiger partial charge in [-0.15, -0.1) is 0 Å². The van der Waals surface area contributed by atoms with E-state index in [1.165, 1.54) is 6.20 Å². The highest BCUT2D eigenvalue weighted by molar-refractivity contribution is 5.92. The Kier molecular flexibility index (Phi) is 3.90. The molecule has 2 aromatic rings. The minimum absolute atomic E-state index is 0.0311. The maximum absolute atomic E-state index is 12.2. The summed E-state index contributed by atoms with van der Waals surface area (Å²) >= 11 is 0. The molecule has 2 aromatic heterocycles. The van der Waals surface area contributed by atoms with E-state index in [0.29, 0.717) is 24.8 Å². The van der Waals surface area contributed by atoms with Gasteiger partial charge in [0.05, 0.1) is 0 Å². The lowest BCUT2D eigenvalue weighted by Gasteiger charge is -2.31. The molecule has 1 saturated heterocycles. The van der Waals surface area contributed by atoms with E-state index in [4.69, 9.17) is 4.74 Å². The van der Waals surface area contributed by atoms with Crippen LogP contribution >= 0.6 is 0 Å². The topological polar surface area (TPSA) is 104 Å². The molecule has 3 rings (SSSR count). The van der Waals surface area contributed by atoms with E-state index in [0.717, 1.165) is 12.8 Å². The van der Waals surface area contributed by atoms with Crippen molar-refractivity contribution in [1.82, 2.24) is 24.8 Å². The quantitative estimate of drug-likeness (QED) is 0.858. The first kappa shape index (κ1) is 14.3. The Morgan fingerprint density at radius 3 is 2.82 bits per heavy atom. The maximum atomic E-state index is 12.2. The Morgan fingerprint density at radius 1 is 1.41 bits per heavy atom. The smallest absolute Gasteiger partial charge is 0.323 e. The number of aryl methyl sites for hydroxylation is 1. The van der Waals surface area contributed by atoms with Crippen LogP contribution in [0, 0.1) is 6.92 Å². The van der Waals surface area contributed by atoms with E-state index in [1.54, 1.807) is 17.2 Å². The molecule has 22 heavy (non-hydrogen) atoms. The van der Waals surface area contributed by atoms with Crippen LogP contribution in [0.2, 0.25) is 0 Å². The molecule has 0 aliphatic carbocycles. The number of carbonyl (C=O) groups is 1. The summed E-state index contributed by atoms with van der Waals surface area (Å²) in [5.41, 5.74) is -0.0866. The van der Waals surface area contributed by atoms with Gasteiger partial charge >= 0.3 is 5.69 Å². The van der Waals surface area contributed by atoms with Crippen molar-refractivity contribution in [1.29, 1.82) is 0 Å². The highest BCUT2D eigenvalue weighted by Crippen LogP contribution is 2.18. The molecule has 0 saturated carbocycles. The standard InChI is InChI=1S/C14H17N5O3/c1-9-15-5-2-12(17-9)22-10-3-6-19(7-4-10)13(20)11-8-16-14(21)18-11/h2,5,8,10H,3-4,6-7H2,1H3,(H2,16,18,21). The zero-order chi connectivity index (χ0) is 15.5. The summed E-state index contributed by atoms with van der Waals surface area (Å²) in [6.45, 7) is 2.98. The largest absolute Gasteiger partial charge is 0.474 e. The molecule has 0 radical (unpaired) electrons. The number of aromatic amines is 2. The highest BCUT2D eigenvalue weighted by Gasteiger charge is 2.25. The van der Waals surface area contributed by atoms with Crippen LogP contribution in [0.15, 0.2) is 23.3 Å². The molecule has 1 amide bonds. The van der Waals surface area contributed by atoms with Crippen molar-refractivity contribution in [3.05, 3.63) is 40.5 Å². The van der Waals surface area contributed by atoms with Crippen LogP contribution in [-0.4, -0.2) is 49.9 Å². The Morgan fingerprint density at radius 2 is 2.18 bits per heavy atom. The number of aromatic nitrogens is 4. The van der Waals surface area contributed by atoms with Gasteiger partial charge in [-0.3, -0.25) is 4.79 Å². The summed E-state index contributed by atoms with van der Waals surface area (Å²) in [5.74, 6) is 1.06. The molecule has 0 unspecified atom stereocenters. The van der Waals surface area contributed by atoms with Crippen molar-refractivity contribution in [3.8, 4) is 5.88 Å². The van der Waals surface area contributed by atoms with Gasteiger partial charge < -0.3 is 19.6 Å². The normalized spacial score (nSPS) is 15.8. The molecule has 0 aromatic carbocycles. The molecule has 0 spiro atoms. The average molecular weight is 303 g/mol. The zero-order valence-corrected chi connectivity index (χ0v) is 12.2. The first-order valence-corrected chi connectivity index (χ1v) is 7.15. The van der Waals surface area contributed by atoms with E-state index in [2.05, 4.69) is 19.9 Å². The first-order chi connectivity index (χ1) is 10.6. The number of amides is 1. The first-order valence-electron chi connectivity index (χ1n) is 7.15. The molecule has 8 heteroatoms. The van der Waals surface area contributed by atoms with Gasteiger partial charge in [0.1, 0.15) is 17.6 Å². The van der Waals surface area contributed by atoms with Gasteiger partial charge in [0.25, 0.3) is 5.91 Å². The van der Waals surface area contributed by atoms with Crippen LogP contribution in [0.25, 0.3) is 0 Å². The molecule has 0 bridgehead atoms. The van der Waals surface area contributed by atoms with Gasteiger partial charge in [-0.25, -0.2) is 9.78 Å². The number of hydrogen-bond acceptors (Lipinski definition) is 5. The third kappa shape index (κ3) is 3.16.